The Morgan fingerprint density at radius 1 is 1.48 bits per heavy atom. The first kappa shape index (κ1) is 18.4. The van der Waals surface area contributed by atoms with Crippen molar-refractivity contribution in [2.24, 2.45) is 5.73 Å². The second-order valence-corrected chi connectivity index (χ2v) is 6.05. The van der Waals surface area contributed by atoms with Gasteiger partial charge in [0, 0.05) is 5.56 Å². The van der Waals surface area contributed by atoms with E-state index in [1.165, 1.54) is 0 Å². The van der Waals surface area contributed by atoms with E-state index in [1.54, 1.807) is 26.0 Å². The van der Waals surface area contributed by atoms with Crippen LogP contribution in [0.1, 0.15) is 50.7 Å². The summed E-state index contributed by atoms with van der Waals surface area (Å²) in [6, 6.07) is 7.27. The van der Waals surface area contributed by atoms with Crippen LogP contribution in [-0.4, -0.2) is 17.7 Å². The van der Waals surface area contributed by atoms with Crippen LogP contribution < -0.4 is 5.73 Å². The van der Waals surface area contributed by atoms with Crippen LogP contribution in [0.2, 0.25) is 0 Å². The van der Waals surface area contributed by atoms with Crippen molar-refractivity contribution in [2.45, 2.75) is 39.5 Å². The van der Waals surface area contributed by atoms with E-state index in [4.69, 9.17) is 15.2 Å². The van der Waals surface area contributed by atoms with Gasteiger partial charge in [-0.3, -0.25) is 0 Å². The van der Waals surface area contributed by atoms with Gasteiger partial charge in [0.1, 0.15) is 23.2 Å². The van der Waals surface area contributed by atoms with Crippen LogP contribution in [0.4, 0.5) is 0 Å². The van der Waals surface area contributed by atoms with Crippen molar-refractivity contribution < 1.29 is 19.4 Å². The highest BCUT2D eigenvalue weighted by molar-refractivity contribution is 5.92. The summed E-state index contributed by atoms with van der Waals surface area (Å²) < 4.78 is 10.5. The van der Waals surface area contributed by atoms with Gasteiger partial charge in [0.05, 0.1) is 18.1 Å². The molecule has 1 aromatic carbocycles. The van der Waals surface area contributed by atoms with E-state index in [-0.39, 0.29) is 41.1 Å². The Hall–Kier alpha value is -2.94. The lowest BCUT2D eigenvalue weighted by Crippen LogP contribution is -2.25. The number of benzene rings is 1. The number of esters is 1. The number of aromatic hydroxyl groups is 1. The fraction of sp³-hybridized carbons (Fsp3) is 0.368. The number of nitrogens with zero attached hydrogens (tertiary/aromatic N) is 1. The summed E-state index contributed by atoms with van der Waals surface area (Å²) in [6.07, 6.45) is 0. The highest BCUT2D eigenvalue weighted by Gasteiger charge is 2.38. The molecule has 1 unspecified atom stereocenters. The summed E-state index contributed by atoms with van der Waals surface area (Å²) in [6.45, 7) is 7.36. The molecule has 0 saturated heterocycles. The fourth-order valence-electron chi connectivity index (χ4n) is 2.94. The summed E-state index contributed by atoms with van der Waals surface area (Å²) >= 11 is 0. The van der Waals surface area contributed by atoms with Gasteiger partial charge >= 0.3 is 5.97 Å². The molecule has 0 spiro atoms. The Kier molecular flexibility index (Phi) is 5.38. The van der Waals surface area contributed by atoms with Gasteiger partial charge in [-0.25, -0.2) is 4.79 Å². The Morgan fingerprint density at radius 2 is 2.16 bits per heavy atom. The molecule has 1 atom stereocenters. The molecule has 25 heavy (non-hydrogen) atoms. The predicted molar refractivity (Wildman–Crippen MR) is 92.2 cm³/mol. The lowest BCUT2D eigenvalue weighted by atomic mass is 9.81. The maximum atomic E-state index is 12.5. The van der Waals surface area contributed by atoms with Crippen LogP contribution in [0, 0.1) is 11.3 Å². The number of hydrogen-bond donors (Lipinski definition) is 2. The van der Waals surface area contributed by atoms with Gasteiger partial charge in [-0.1, -0.05) is 32.0 Å². The molecule has 0 radical (unpaired) electrons. The number of phenols is 1. The number of carbonyl (C=O) groups is 1. The average Bonchev–Trinajstić information content (AvgIpc) is 2.54. The first-order chi connectivity index (χ1) is 11.8. The number of allylic oxidation sites excluding steroid dienone is 2. The van der Waals surface area contributed by atoms with Gasteiger partial charge in [0.25, 0.3) is 0 Å². The van der Waals surface area contributed by atoms with Gasteiger partial charge in [-0.2, -0.15) is 5.26 Å². The smallest absolute Gasteiger partial charge is 0.338 e. The molecule has 1 aliphatic rings. The van der Waals surface area contributed by atoms with Gasteiger partial charge in [0.2, 0.25) is 5.88 Å². The summed E-state index contributed by atoms with van der Waals surface area (Å²) in [4.78, 5) is 12.5. The van der Waals surface area contributed by atoms with Crippen molar-refractivity contribution >= 4 is 5.97 Å². The Morgan fingerprint density at radius 3 is 2.72 bits per heavy atom. The van der Waals surface area contributed by atoms with Crippen LogP contribution in [0.5, 0.6) is 5.75 Å². The third kappa shape index (κ3) is 3.31. The molecule has 6 nitrogen and oxygen atoms in total. The third-order valence-electron chi connectivity index (χ3n) is 4.13. The number of nitriles is 1. The molecule has 1 aliphatic heterocycles. The molecule has 0 saturated carbocycles. The molecule has 0 fully saturated rings. The summed E-state index contributed by atoms with van der Waals surface area (Å²) in [5.41, 5.74) is 7.25. The van der Waals surface area contributed by atoms with Crippen LogP contribution in [0.25, 0.3) is 0 Å². The minimum Gasteiger partial charge on any atom is -0.507 e. The number of ether oxygens (including phenoxy) is 2. The quantitative estimate of drug-likeness (QED) is 0.814. The predicted octanol–water partition coefficient (Wildman–Crippen LogP) is 3.16. The number of rotatable bonds is 4. The van der Waals surface area contributed by atoms with E-state index in [0.29, 0.717) is 5.56 Å². The monoisotopic (exact) mass is 342 g/mol. The van der Waals surface area contributed by atoms with E-state index < -0.39 is 11.9 Å². The summed E-state index contributed by atoms with van der Waals surface area (Å²) in [7, 11) is 0. The SMILES string of the molecule is CCOC(=O)C1=C(C)OC(N)=C(C#N)C1c1cccc(C(C)C)c1O. The van der Waals surface area contributed by atoms with E-state index in [9.17, 15) is 15.2 Å². The molecular formula is C19H22N2O4. The molecule has 2 rings (SSSR count). The molecule has 1 aromatic rings. The van der Waals surface area contributed by atoms with Crippen LogP contribution in [-0.2, 0) is 14.3 Å². The van der Waals surface area contributed by atoms with Crippen molar-refractivity contribution in [3.8, 4) is 11.8 Å². The average molecular weight is 342 g/mol. The van der Waals surface area contributed by atoms with Crippen LogP contribution >= 0.6 is 0 Å². The minimum absolute atomic E-state index is 0.0412. The van der Waals surface area contributed by atoms with Gasteiger partial charge < -0.3 is 20.3 Å². The zero-order valence-corrected chi connectivity index (χ0v) is 14.8. The fourth-order valence-corrected chi connectivity index (χ4v) is 2.94. The second-order valence-electron chi connectivity index (χ2n) is 6.05. The Labute approximate surface area is 147 Å². The van der Waals surface area contributed by atoms with E-state index in [2.05, 4.69) is 0 Å². The zero-order chi connectivity index (χ0) is 18.7. The molecule has 1 heterocycles. The largest absolute Gasteiger partial charge is 0.507 e. The Balaban J connectivity index is 2.72. The molecule has 0 aliphatic carbocycles. The van der Waals surface area contributed by atoms with Crippen molar-refractivity contribution in [2.75, 3.05) is 6.61 Å². The molecule has 6 heteroatoms. The van der Waals surface area contributed by atoms with Crippen LogP contribution in [0.15, 0.2) is 41.0 Å². The number of para-hydroxylation sites is 1. The lowest BCUT2D eigenvalue weighted by Gasteiger charge is -2.28. The third-order valence-corrected chi connectivity index (χ3v) is 4.13. The second kappa shape index (κ2) is 7.31. The lowest BCUT2D eigenvalue weighted by molar-refractivity contribution is -0.139. The molecule has 3 N–H and O–H groups in total. The van der Waals surface area contributed by atoms with Crippen molar-refractivity contribution in [1.82, 2.24) is 0 Å². The van der Waals surface area contributed by atoms with E-state index >= 15 is 0 Å². The Bertz CT molecular complexity index is 800. The van der Waals surface area contributed by atoms with Crippen molar-refractivity contribution in [1.29, 1.82) is 5.26 Å². The first-order valence-corrected chi connectivity index (χ1v) is 8.10. The van der Waals surface area contributed by atoms with Gasteiger partial charge in [-0.15, -0.1) is 0 Å². The molecule has 0 aromatic heterocycles. The van der Waals surface area contributed by atoms with Gasteiger partial charge in [-0.05, 0) is 25.3 Å². The zero-order valence-electron chi connectivity index (χ0n) is 14.8. The molecule has 0 amide bonds. The summed E-state index contributed by atoms with van der Waals surface area (Å²) in [5, 5.41) is 20.3. The van der Waals surface area contributed by atoms with Crippen molar-refractivity contribution in [3.05, 3.63) is 52.1 Å². The number of carbonyl (C=O) groups excluding carboxylic acids is 1. The van der Waals surface area contributed by atoms with Gasteiger partial charge in [0.15, 0.2) is 0 Å². The molecular weight excluding hydrogens is 320 g/mol. The highest BCUT2D eigenvalue weighted by Crippen LogP contribution is 2.44. The molecule has 132 valence electrons. The highest BCUT2D eigenvalue weighted by atomic mass is 16.5. The normalized spacial score (nSPS) is 17.4. The number of nitrogens with two attached hydrogens (primary N) is 1. The summed E-state index contributed by atoms with van der Waals surface area (Å²) in [5.74, 6) is -1.14. The number of phenolic OH excluding ortho intramolecular Hbond substituents is 1. The van der Waals surface area contributed by atoms with E-state index in [1.807, 2.05) is 26.0 Å². The maximum absolute atomic E-state index is 12.5. The topological polar surface area (TPSA) is 106 Å². The standard InChI is InChI=1S/C19H22N2O4/c1-5-24-19(23)15-11(4)25-18(21)14(9-20)16(15)13-8-6-7-12(10(2)3)17(13)22/h6-8,10,16,22H,5,21H2,1-4H3. The first-order valence-electron chi connectivity index (χ1n) is 8.10. The van der Waals surface area contributed by atoms with Crippen LogP contribution in [0.3, 0.4) is 0 Å². The number of hydrogen-bond acceptors (Lipinski definition) is 6. The van der Waals surface area contributed by atoms with E-state index in [0.717, 1.165) is 5.56 Å². The van der Waals surface area contributed by atoms with Crippen molar-refractivity contribution in [3.63, 3.8) is 0 Å². The maximum Gasteiger partial charge on any atom is 0.338 e. The minimum atomic E-state index is -0.837. The molecule has 0 bridgehead atoms.